The second-order valence-corrected chi connectivity index (χ2v) is 9.15. The molecule has 28 heavy (non-hydrogen) atoms. The molecule has 5 nitrogen and oxygen atoms in total. The highest BCUT2D eigenvalue weighted by Crippen LogP contribution is 2.26. The van der Waals surface area contributed by atoms with E-state index in [4.69, 9.17) is 0 Å². The van der Waals surface area contributed by atoms with Crippen molar-refractivity contribution in [3.8, 4) is 5.69 Å². The van der Waals surface area contributed by atoms with Gasteiger partial charge in [-0.2, -0.15) is 5.10 Å². The van der Waals surface area contributed by atoms with E-state index >= 15 is 0 Å². The lowest BCUT2D eigenvalue weighted by atomic mass is 10.0. The first-order valence-corrected chi connectivity index (χ1v) is 11.2. The first-order valence-electron chi connectivity index (χ1n) is 10.4. The summed E-state index contributed by atoms with van der Waals surface area (Å²) in [4.78, 5) is 15.4. The molecule has 150 valence electrons. The van der Waals surface area contributed by atoms with E-state index in [9.17, 15) is 4.79 Å². The Hall–Kier alpha value is -1.66. The van der Waals surface area contributed by atoms with Gasteiger partial charge in [-0.25, -0.2) is 4.68 Å². The van der Waals surface area contributed by atoms with Crippen LogP contribution in [0.1, 0.15) is 54.6 Å². The highest BCUT2D eigenvalue weighted by Gasteiger charge is 2.25. The van der Waals surface area contributed by atoms with E-state index in [1.807, 2.05) is 35.9 Å². The Labute approximate surface area is 175 Å². The predicted molar refractivity (Wildman–Crippen MR) is 115 cm³/mol. The normalized spacial score (nSPS) is 19.2. The smallest absolute Gasteiger partial charge is 0.254 e. The van der Waals surface area contributed by atoms with Crippen LogP contribution in [0.4, 0.5) is 0 Å². The quantitative estimate of drug-likeness (QED) is 0.746. The van der Waals surface area contributed by atoms with Crippen LogP contribution in [0.15, 0.2) is 34.9 Å². The van der Waals surface area contributed by atoms with E-state index in [0.29, 0.717) is 5.56 Å². The maximum atomic E-state index is 12.8. The number of likely N-dealkylation sites (tertiary alicyclic amines) is 1. The fraction of sp³-hybridized carbons (Fsp3) is 0.545. The Kier molecular flexibility index (Phi) is 6.16. The third-order valence-electron chi connectivity index (χ3n) is 6.24. The zero-order valence-corrected chi connectivity index (χ0v) is 18.1. The van der Waals surface area contributed by atoms with Crippen molar-refractivity contribution in [3.05, 3.63) is 46.2 Å². The van der Waals surface area contributed by atoms with Gasteiger partial charge >= 0.3 is 0 Å². The molecule has 1 N–H and O–H groups in total. The van der Waals surface area contributed by atoms with Gasteiger partial charge in [-0.05, 0) is 62.8 Å². The van der Waals surface area contributed by atoms with Gasteiger partial charge in [-0.1, -0.05) is 28.8 Å². The summed E-state index contributed by atoms with van der Waals surface area (Å²) >= 11 is 3.45. The van der Waals surface area contributed by atoms with E-state index in [0.717, 1.165) is 47.7 Å². The molecule has 1 saturated carbocycles. The summed E-state index contributed by atoms with van der Waals surface area (Å²) in [6.07, 6.45) is 9.38. The van der Waals surface area contributed by atoms with Crippen LogP contribution in [-0.4, -0.2) is 46.3 Å². The minimum atomic E-state index is -0.00453. The minimum Gasteiger partial charge on any atom is -0.349 e. The van der Waals surface area contributed by atoms with Crippen molar-refractivity contribution >= 4 is 21.8 Å². The Balaban J connectivity index is 1.32. The van der Waals surface area contributed by atoms with Crippen molar-refractivity contribution in [1.82, 2.24) is 20.0 Å². The minimum absolute atomic E-state index is 0.00453. The number of benzene rings is 1. The van der Waals surface area contributed by atoms with E-state index in [2.05, 4.69) is 31.2 Å². The summed E-state index contributed by atoms with van der Waals surface area (Å²) in [5.41, 5.74) is 2.50. The molecule has 2 fully saturated rings. The van der Waals surface area contributed by atoms with Gasteiger partial charge in [0.15, 0.2) is 0 Å². The molecule has 0 radical (unpaired) electrons. The molecule has 0 unspecified atom stereocenters. The van der Waals surface area contributed by atoms with Gasteiger partial charge in [0.2, 0.25) is 0 Å². The number of halogens is 1. The number of amides is 1. The number of nitrogens with zero attached hydrogens (tertiary/aromatic N) is 3. The van der Waals surface area contributed by atoms with Crippen molar-refractivity contribution in [1.29, 1.82) is 0 Å². The fourth-order valence-corrected chi connectivity index (χ4v) is 4.82. The summed E-state index contributed by atoms with van der Waals surface area (Å²) in [5, 5.41) is 7.67. The molecule has 0 spiro atoms. The molecule has 0 bridgehead atoms. The molecule has 0 atom stereocenters. The fourth-order valence-electron chi connectivity index (χ4n) is 4.56. The average molecular weight is 445 g/mol. The van der Waals surface area contributed by atoms with Crippen LogP contribution in [0.2, 0.25) is 0 Å². The van der Waals surface area contributed by atoms with E-state index < -0.39 is 0 Å². The third kappa shape index (κ3) is 4.49. The molecule has 2 heterocycles. The van der Waals surface area contributed by atoms with E-state index in [1.54, 1.807) is 6.20 Å². The molecule has 6 heteroatoms. The number of carbonyl (C=O) groups is 1. The second-order valence-electron chi connectivity index (χ2n) is 8.23. The summed E-state index contributed by atoms with van der Waals surface area (Å²) in [7, 11) is 0. The van der Waals surface area contributed by atoms with Gasteiger partial charge in [0, 0.05) is 30.1 Å². The summed E-state index contributed by atoms with van der Waals surface area (Å²) in [6, 6.07) is 8.21. The van der Waals surface area contributed by atoms with Crippen LogP contribution in [0.25, 0.3) is 5.69 Å². The largest absolute Gasteiger partial charge is 0.349 e. The highest BCUT2D eigenvalue weighted by atomic mass is 79.9. The van der Waals surface area contributed by atoms with E-state index in [-0.39, 0.29) is 11.9 Å². The van der Waals surface area contributed by atoms with Crippen molar-refractivity contribution < 1.29 is 4.79 Å². The Morgan fingerprint density at radius 1 is 1.14 bits per heavy atom. The zero-order chi connectivity index (χ0) is 19.5. The number of hydrogen-bond acceptors (Lipinski definition) is 3. The first-order chi connectivity index (χ1) is 13.6. The van der Waals surface area contributed by atoms with Crippen LogP contribution < -0.4 is 5.32 Å². The zero-order valence-electron chi connectivity index (χ0n) is 16.5. The van der Waals surface area contributed by atoms with Crippen molar-refractivity contribution in [2.75, 3.05) is 19.6 Å². The average Bonchev–Trinajstić information content (AvgIpc) is 3.34. The number of hydrogen-bond donors (Lipinski definition) is 1. The lowest BCUT2D eigenvalue weighted by Gasteiger charge is -2.33. The van der Waals surface area contributed by atoms with Gasteiger partial charge in [0.1, 0.15) is 0 Å². The van der Waals surface area contributed by atoms with Crippen LogP contribution in [-0.2, 0) is 0 Å². The monoisotopic (exact) mass is 444 g/mol. The Morgan fingerprint density at radius 2 is 1.82 bits per heavy atom. The second kappa shape index (κ2) is 8.78. The van der Waals surface area contributed by atoms with Crippen LogP contribution >= 0.6 is 15.9 Å². The van der Waals surface area contributed by atoms with Crippen LogP contribution in [0, 0.1) is 12.8 Å². The van der Waals surface area contributed by atoms with Gasteiger partial charge in [-0.15, -0.1) is 0 Å². The predicted octanol–water partition coefficient (Wildman–Crippen LogP) is 4.33. The summed E-state index contributed by atoms with van der Waals surface area (Å²) in [6.45, 7) is 5.39. The maximum absolute atomic E-state index is 12.8. The molecule has 2 aliphatic rings. The molecular weight excluding hydrogens is 416 g/mol. The topological polar surface area (TPSA) is 50.2 Å². The van der Waals surface area contributed by atoms with Gasteiger partial charge in [0.05, 0.1) is 23.1 Å². The summed E-state index contributed by atoms with van der Waals surface area (Å²) in [5.74, 6) is 0.897. The van der Waals surface area contributed by atoms with Crippen molar-refractivity contribution in [3.63, 3.8) is 0 Å². The molecule has 1 aromatic carbocycles. The van der Waals surface area contributed by atoms with Gasteiger partial charge < -0.3 is 10.2 Å². The maximum Gasteiger partial charge on any atom is 0.254 e. The van der Waals surface area contributed by atoms with Crippen molar-refractivity contribution in [2.24, 2.45) is 5.92 Å². The SMILES string of the molecule is Cc1c(C(=O)NC2CCN(CC3CCCC3)CC2)cnn1-c1ccc(Br)cc1. The lowest BCUT2D eigenvalue weighted by molar-refractivity contribution is 0.0905. The van der Waals surface area contributed by atoms with Gasteiger partial charge in [-0.3, -0.25) is 4.79 Å². The van der Waals surface area contributed by atoms with Crippen LogP contribution in [0.3, 0.4) is 0 Å². The number of aromatic nitrogens is 2. The van der Waals surface area contributed by atoms with Crippen LogP contribution in [0.5, 0.6) is 0 Å². The molecule has 1 amide bonds. The standard InChI is InChI=1S/C22H29BrN4O/c1-16-21(14-24-27(16)20-8-6-18(23)7-9-20)22(28)25-19-10-12-26(13-11-19)15-17-4-2-3-5-17/h6-9,14,17,19H,2-5,10-13,15H2,1H3,(H,25,28). The Bertz CT molecular complexity index is 802. The lowest BCUT2D eigenvalue weighted by Crippen LogP contribution is -2.45. The highest BCUT2D eigenvalue weighted by molar-refractivity contribution is 9.10. The molecule has 1 aliphatic carbocycles. The number of piperidine rings is 1. The first kappa shape index (κ1) is 19.6. The van der Waals surface area contributed by atoms with Crippen molar-refractivity contribution in [2.45, 2.75) is 51.5 Å². The van der Waals surface area contributed by atoms with E-state index in [1.165, 1.54) is 32.2 Å². The molecule has 1 saturated heterocycles. The molecule has 1 aliphatic heterocycles. The third-order valence-corrected chi connectivity index (χ3v) is 6.77. The number of carbonyl (C=O) groups excluding carboxylic acids is 1. The Morgan fingerprint density at radius 3 is 2.50 bits per heavy atom. The van der Waals surface area contributed by atoms with Gasteiger partial charge in [0.25, 0.3) is 5.91 Å². The summed E-state index contributed by atoms with van der Waals surface area (Å²) < 4.78 is 2.85. The molecule has 1 aromatic heterocycles. The number of nitrogens with one attached hydrogen (secondary N) is 1. The molecular formula is C22H29BrN4O. The molecule has 2 aromatic rings. The molecule has 4 rings (SSSR count). The number of rotatable bonds is 5.